The Morgan fingerprint density at radius 2 is 1.78 bits per heavy atom. The van der Waals surface area contributed by atoms with Crippen LogP contribution >= 0.6 is 12.4 Å². The summed E-state index contributed by atoms with van der Waals surface area (Å²) < 4.78 is 0. The summed E-state index contributed by atoms with van der Waals surface area (Å²) in [7, 11) is 5.90. The van der Waals surface area contributed by atoms with E-state index in [2.05, 4.69) is 14.8 Å². The molecule has 0 N–H and O–H groups in total. The second kappa shape index (κ2) is 6.98. The molecular weight excluding hydrogens is 312 g/mol. The van der Waals surface area contributed by atoms with Crippen LogP contribution in [-0.4, -0.2) is 50.0 Å². The number of hydrogen-bond acceptors (Lipinski definition) is 4. The number of amides is 1. The Bertz CT molecular complexity index is 704. The molecule has 0 aliphatic carbocycles. The Morgan fingerprint density at radius 3 is 2.48 bits per heavy atom. The molecule has 3 rings (SSSR count). The van der Waals surface area contributed by atoms with Crippen molar-refractivity contribution in [2.24, 2.45) is 0 Å². The Kier molecular flexibility index (Phi) is 5.23. The first-order valence-corrected chi connectivity index (χ1v) is 7.34. The molecule has 0 saturated carbocycles. The van der Waals surface area contributed by atoms with Crippen LogP contribution in [0, 0.1) is 0 Å². The highest BCUT2D eigenvalue weighted by Crippen LogP contribution is 2.38. The number of pyridine rings is 1. The van der Waals surface area contributed by atoms with Crippen LogP contribution in [0.1, 0.15) is 10.4 Å². The van der Waals surface area contributed by atoms with Crippen molar-refractivity contribution in [3.05, 3.63) is 48.2 Å². The Balaban J connectivity index is 0.00000192. The van der Waals surface area contributed by atoms with E-state index in [1.807, 2.05) is 57.5 Å². The molecule has 0 saturated heterocycles. The molecular formula is C17H21ClN4O. The van der Waals surface area contributed by atoms with Gasteiger partial charge in [0.1, 0.15) is 5.82 Å². The van der Waals surface area contributed by atoms with E-state index in [0.717, 1.165) is 30.3 Å². The second-order valence-electron chi connectivity index (χ2n) is 5.68. The fourth-order valence-electron chi connectivity index (χ4n) is 2.69. The highest BCUT2D eigenvalue weighted by atomic mass is 35.5. The Labute approximate surface area is 142 Å². The van der Waals surface area contributed by atoms with E-state index in [-0.39, 0.29) is 18.3 Å². The van der Waals surface area contributed by atoms with Gasteiger partial charge >= 0.3 is 0 Å². The van der Waals surface area contributed by atoms with Crippen LogP contribution in [0.25, 0.3) is 0 Å². The first-order chi connectivity index (χ1) is 10.6. The summed E-state index contributed by atoms with van der Waals surface area (Å²) in [5.74, 6) is 0.703. The molecule has 1 aliphatic rings. The summed E-state index contributed by atoms with van der Waals surface area (Å²) in [4.78, 5) is 23.2. The lowest BCUT2D eigenvalue weighted by Crippen LogP contribution is -2.29. The van der Waals surface area contributed by atoms with E-state index in [9.17, 15) is 4.79 Å². The van der Waals surface area contributed by atoms with Crippen LogP contribution in [0.2, 0.25) is 0 Å². The zero-order chi connectivity index (χ0) is 15.7. The fraction of sp³-hybridized carbons (Fsp3) is 0.294. The van der Waals surface area contributed by atoms with Gasteiger partial charge < -0.3 is 14.7 Å². The first-order valence-electron chi connectivity index (χ1n) is 7.34. The number of nitrogens with zero attached hydrogens (tertiary/aromatic N) is 4. The molecule has 0 spiro atoms. The summed E-state index contributed by atoms with van der Waals surface area (Å²) in [5, 5.41) is 0. The van der Waals surface area contributed by atoms with Gasteiger partial charge in [0, 0.05) is 26.3 Å². The number of carbonyl (C=O) groups is 1. The van der Waals surface area contributed by atoms with Crippen LogP contribution < -0.4 is 9.80 Å². The van der Waals surface area contributed by atoms with Crippen LogP contribution in [0.5, 0.6) is 0 Å². The first kappa shape index (κ1) is 17.2. The van der Waals surface area contributed by atoms with Gasteiger partial charge in [0.25, 0.3) is 5.91 Å². The van der Waals surface area contributed by atoms with Gasteiger partial charge in [-0.3, -0.25) is 4.79 Å². The molecule has 122 valence electrons. The number of anilines is 3. The summed E-state index contributed by atoms with van der Waals surface area (Å²) in [6, 6.07) is 11.6. The SMILES string of the molecule is CN(C)CCN1c2ccccc2N(C)C(=O)c2cccnc21.Cl. The molecule has 2 heterocycles. The van der Waals surface area contributed by atoms with Gasteiger partial charge in [0.15, 0.2) is 0 Å². The second-order valence-corrected chi connectivity index (χ2v) is 5.68. The number of fused-ring (bicyclic) bond motifs is 2. The summed E-state index contributed by atoms with van der Waals surface area (Å²) >= 11 is 0. The van der Waals surface area contributed by atoms with Crippen LogP contribution in [0.3, 0.4) is 0 Å². The van der Waals surface area contributed by atoms with E-state index >= 15 is 0 Å². The third-order valence-corrected chi connectivity index (χ3v) is 3.88. The third kappa shape index (κ3) is 3.16. The summed E-state index contributed by atoms with van der Waals surface area (Å²) in [6.45, 7) is 1.65. The van der Waals surface area contributed by atoms with Crippen molar-refractivity contribution in [2.45, 2.75) is 0 Å². The molecule has 0 fully saturated rings. The number of hydrogen-bond donors (Lipinski definition) is 0. The predicted molar refractivity (Wildman–Crippen MR) is 96.2 cm³/mol. The molecule has 0 unspecified atom stereocenters. The molecule has 1 aromatic carbocycles. The molecule has 2 aromatic rings. The van der Waals surface area contributed by atoms with Crippen LogP contribution in [0.4, 0.5) is 17.2 Å². The van der Waals surface area contributed by atoms with Gasteiger partial charge in [-0.2, -0.15) is 0 Å². The maximum atomic E-state index is 12.7. The van der Waals surface area contributed by atoms with E-state index in [4.69, 9.17) is 0 Å². The van der Waals surface area contributed by atoms with Crippen molar-refractivity contribution in [1.82, 2.24) is 9.88 Å². The lowest BCUT2D eigenvalue weighted by Gasteiger charge is -2.26. The van der Waals surface area contributed by atoms with Crippen molar-refractivity contribution in [1.29, 1.82) is 0 Å². The van der Waals surface area contributed by atoms with Gasteiger partial charge in [-0.25, -0.2) is 4.98 Å². The number of aromatic nitrogens is 1. The van der Waals surface area contributed by atoms with E-state index in [1.54, 1.807) is 11.1 Å². The minimum atomic E-state index is -0.0251. The molecule has 0 radical (unpaired) electrons. The zero-order valence-electron chi connectivity index (χ0n) is 13.6. The standard InChI is InChI=1S/C17H20N4O.ClH/c1-19(2)11-12-21-15-9-5-4-8-14(15)20(3)17(22)13-7-6-10-18-16(13)21;/h4-10H,11-12H2,1-3H3;1H. The quantitative estimate of drug-likeness (QED) is 0.866. The molecule has 0 bridgehead atoms. The van der Waals surface area contributed by atoms with Gasteiger partial charge in [-0.1, -0.05) is 12.1 Å². The largest absolute Gasteiger partial charge is 0.323 e. The highest BCUT2D eigenvalue weighted by molar-refractivity contribution is 6.12. The summed E-state index contributed by atoms with van der Waals surface area (Å²) in [6.07, 6.45) is 1.74. The predicted octanol–water partition coefficient (Wildman–Crippen LogP) is 2.79. The van der Waals surface area contributed by atoms with Crippen molar-refractivity contribution in [3.8, 4) is 0 Å². The minimum absolute atomic E-state index is 0. The fourth-order valence-corrected chi connectivity index (χ4v) is 2.69. The van der Waals surface area contributed by atoms with Crippen molar-refractivity contribution in [2.75, 3.05) is 44.0 Å². The zero-order valence-corrected chi connectivity index (χ0v) is 14.4. The topological polar surface area (TPSA) is 39.7 Å². The van der Waals surface area contributed by atoms with Crippen molar-refractivity contribution >= 4 is 35.5 Å². The average Bonchev–Trinajstić information content (AvgIpc) is 2.62. The van der Waals surface area contributed by atoms with Crippen molar-refractivity contribution in [3.63, 3.8) is 0 Å². The van der Waals surface area contributed by atoms with Crippen molar-refractivity contribution < 1.29 is 4.79 Å². The van der Waals surface area contributed by atoms with E-state index < -0.39 is 0 Å². The third-order valence-electron chi connectivity index (χ3n) is 3.88. The average molecular weight is 333 g/mol. The molecule has 0 atom stereocenters. The lowest BCUT2D eigenvalue weighted by molar-refractivity contribution is 0.0994. The van der Waals surface area contributed by atoms with Gasteiger partial charge in [-0.15, -0.1) is 12.4 Å². The molecule has 1 aromatic heterocycles. The number of benzene rings is 1. The molecule has 1 aliphatic heterocycles. The molecule has 23 heavy (non-hydrogen) atoms. The summed E-state index contributed by atoms with van der Waals surface area (Å²) in [5.41, 5.74) is 2.56. The van der Waals surface area contributed by atoms with Gasteiger partial charge in [-0.05, 0) is 38.4 Å². The monoisotopic (exact) mass is 332 g/mol. The Hall–Kier alpha value is -2.11. The molecule has 6 heteroatoms. The van der Waals surface area contributed by atoms with Gasteiger partial charge in [0.05, 0.1) is 16.9 Å². The minimum Gasteiger partial charge on any atom is -0.323 e. The lowest BCUT2D eigenvalue weighted by atomic mass is 10.2. The van der Waals surface area contributed by atoms with E-state index in [1.165, 1.54) is 0 Å². The maximum Gasteiger partial charge on any atom is 0.261 e. The number of para-hydroxylation sites is 2. The Morgan fingerprint density at radius 1 is 1.09 bits per heavy atom. The number of carbonyl (C=O) groups excluding carboxylic acids is 1. The number of halogens is 1. The number of rotatable bonds is 3. The van der Waals surface area contributed by atoms with Gasteiger partial charge in [0.2, 0.25) is 0 Å². The maximum absolute atomic E-state index is 12.7. The molecule has 1 amide bonds. The smallest absolute Gasteiger partial charge is 0.261 e. The highest BCUT2D eigenvalue weighted by Gasteiger charge is 2.29. The van der Waals surface area contributed by atoms with Crippen LogP contribution in [-0.2, 0) is 0 Å². The van der Waals surface area contributed by atoms with E-state index in [0.29, 0.717) is 5.56 Å². The number of likely N-dealkylation sites (N-methyl/N-ethyl adjacent to an activating group) is 1. The molecule has 5 nitrogen and oxygen atoms in total. The normalized spacial score (nSPS) is 13.3. The van der Waals surface area contributed by atoms with Crippen LogP contribution in [0.15, 0.2) is 42.6 Å².